The Morgan fingerprint density at radius 3 is 1.92 bits per heavy atom. The molecule has 4 aromatic carbocycles. The Morgan fingerprint density at radius 2 is 1.30 bits per heavy atom. The highest BCUT2D eigenvalue weighted by molar-refractivity contribution is 7.22. The van der Waals surface area contributed by atoms with Crippen LogP contribution in [0.2, 0.25) is 0 Å². The predicted octanol–water partition coefficient (Wildman–Crippen LogP) is 11.3. The van der Waals surface area contributed by atoms with Gasteiger partial charge >= 0.3 is 17.9 Å². The first kappa shape index (κ1) is 50.6. The molecule has 66 heavy (non-hydrogen) atoms. The first-order valence-corrected chi connectivity index (χ1v) is 23.5. The number of fused-ring (bicyclic) bond motifs is 1. The van der Waals surface area contributed by atoms with E-state index in [-0.39, 0.29) is 11.5 Å². The van der Waals surface area contributed by atoms with E-state index in [2.05, 4.69) is 20.1 Å². The van der Waals surface area contributed by atoms with Crippen molar-refractivity contribution in [3.63, 3.8) is 0 Å². The topological polar surface area (TPSA) is 155 Å². The van der Waals surface area contributed by atoms with Gasteiger partial charge in [0.1, 0.15) is 23.0 Å². The normalized spacial score (nSPS) is 11.5. The molecular weight excluding hydrogens is 859 g/mol. The average Bonchev–Trinajstić information content (AvgIpc) is 3.78. The van der Waals surface area contributed by atoms with Gasteiger partial charge in [-0.2, -0.15) is 5.10 Å². The lowest BCUT2D eigenvalue weighted by molar-refractivity contribution is -0.137. The van der Waals surface area contributed by atoms with Crippen LogP contribution in [0.4, 0.5) is 5.13 Å². The molecule has 0 saturated carbocycles. The third-order valence-electron chi connectivity index (χ3n) is 10.2. The zero-order valence-corrected chi connectivity index (χ0v) is 38.6. The van der Waals surface area contributed by atoms with Crippen LogP contribution in [0.5, 0.6) is 23.0 Å². The average molecular weight is 920 g/mol. The number of nitrogens with zero attached hydrogens (tertiary/aromatic N) is 3. The molecule has 0 spiro atoms. The van der Waals surface area contributed by atoms with Crippen LogP contribution in [-0.4, -0.2) is 73.5 Å². The van der Waals surface area contributed by atoms with Gasteiger partial charge in [-0.1, -0.05) is 69.2 Å². The molecule has 0 bridgehead atoms. The largest absolute Gasteiger partial charge is 0.494 e. The summed E-state index contributed by atoms with van der Waals surface area (Å²) < 4.78 is 34.8. The van der Waals surface area contributed by atoms with Crippen molar-refractivity contribution in [2.24, 2.45) is 5.10 Å². The Labute approximate surface area is 391 Å². The van der Waals surface area contributed by atoms with Crippen LogP contribution in [0.25, 0.3) is 10.2 Å². The van der Waals surface area contributed by atoms with E-state index in [1.54, 1.807) is 84.3 Å². The van der Waals surface area contributed by atoms with E-state index in [1.165, 1.54) is 6.08 Å². The smallest absolute Gasteiger partial charge is 0.343 e. The highest BCUT2D eigenvalue weighted by Gasteiger charge is 2.17. The summed E-state index contributed by atoms with van der Waals surface area (Å²) in [5.41, 5.74) is 1.95. The number of aliphatic hydroxyl groups excluding tert-OH is 1. The molecule has 1 heterocycles. The fourth-order valence-corrected chi connectivity index (χ4v) is 7.43. The molecule has 1 atom stereocenters. The number of rotatable bonds is 31. The second kappa shape index (κ2) is 28.5. The Hall–Kier alpha value is -6.35. The Morgan fingerprint density at radius 1 is 0.712 bits per heavy atom. The Balaban J connectivity index is 1.24. The number of hydrazone groups is 1. The number of aliphatic hydroxyl groups is 1. The third kappa shape index (κ3) is 17.6. The molecular formula is C52H61N3O10S. The molecule has 0 fully saturated rings. The van der Waals surface area contributed by atoms with Gasteiger partial charge in [0.15, 0.2) is 6.29 Å². The monoisotopic (exact) mass is 919 g/mol. The van der Waals surface area contributed by atoms with Gasteiger partial charge < -0.3 is 33.5 Å². The van der Waals surface area contributed by atoms with E-state index in [9.17, 15) is 19.5 Å². The van der Waals surface area contributed by atoms with E-state index in [0.717, 1.165) is 98.5 Å². The van der Waals surface area contributed by atoms with Gasteiger partial charge in [-0.15, -0.1) is 0 Å². The van der Waals surface area contributed by atoms with Crippen LogP contribution in [0.15, 0.2) is 121 Å². The molecule has 0 radical (unpaired) electrons. The van der Waals surface area contributed by atoms with Crippen molar-refractivity contribution < 1.29 is 47.9 Å². The number of para-hydroxylation sites is 1. The lowest BCUT2D eigenvalue weighted by atomic mass is 10.2. The van der Waals surface area contributed by atoms with Gasteiger partial charge in [0.05, 0.1) is 54.0 Å². The van der Waals surface area contributed by atoms with E-state index < -0.39 is 24.2 Å². The molecule has 0 amide bonds. The number of carbonyl (C=O) groups is 3. The molecule has 13 nitrogen and oxygen atoms in total. The number of hydrogen-bond acceptors (Lipinski definition) is 14. The van der Waals surface area contributed by atoms with Gasteiger partial charge in [0, 0.05) is 18.2 Å². The molecule has 0 aliphatic rings. The second-order valence-corrected chi connectivity index (χ2v) is 16.3. The quantitative estimate of drug-likeness (QED) is 0.00657. The van der Waals surface area contributed by atoms with Crippen molar-refractivity contribution in [1.82, 2.24) is 4.98 Å². The lowest BCUT2D eigenvalue weighted by Gasteiger charge is -2.16. The predicted molar refractivity (Wildman–Crippen MR) is 259 cm³/mol. The summed E-state index contributed by atoms with van der Waals surface area (Å²) in [6.45, 7) is 11.5. The molecule has 5 aromatic rings. The minimum Gasteiger partial charge on any atom is -0.494 e. The van der Waals surface area contributed by atoms with Crippen molar-refractivity contribution in [1.29, 1.82) is 0 Å². The summed E-state index contributed by atoms with van der Waals surface area (Å²) in [4.78, 5) is 43.0. The zero-order valence-electron chi connectivity index (χ0n) is 37.8. The number of ether oxygens (including phenoxy) is 6. The van der Waals surface area contributed by atoms with Crippen molar-refractivity contribution in [2.45, 2.75) is 90.3 Å². The summed E-state index contributed by atoms with van der Waals surface area (Å²) in [5.74, 6) is 0.146. The number of anilines is 1. The highest BCUT2D eigenvalue weighted by Crippen LogP contribution is 2.30. The second-order valence-electron chi connectivity index (χ2n) is 15.3. The number of aromatic nitrogens is 1. The first-order valence-electron chi connectivity index (χ1n) is 22.7. The van der Waals surface area contributed by atoms with Crippen LogP contribution in [0.3, 0.4) is 0 Å². The van der Waals surface area contributed by atoms with Crippen LogP contribution < -0.4 is 24.0 Å². The summed E-state index contributed by atoms with van der Waals surface area (Å²) in [5, 5.41) is 16.9. The van der Waals surface area contributed by atoms with Crippen molar-refractivity contribution in [3.05, 3.63) is 133 Å². The van der Waals surface area contributed by atoms with Gasteiger partial charge in [0.25, 0.3) is 0 Å². The van der Waals surface area contributed by atoms with Crippen molar-refractivity contribution >= 4 is 50.8 Å². The fourth-order valence-electron chi connectivity index (χ4n) is 6.48. The SMILES string of the molecule is C=CC(=O)OCCCCCCOc1ccc(C(=O)Oc2ccc(OC(=O)c3ccc(OCCCCCCOC(O)C=C)cc3)cc2/C=N/N(CCCCCC)c2nc3ccccc3s2)cc1. The number of carbonyl (C=O) groups excluding carboxylic acids is 3. The van der Waals surface area contributed by atoms with Crippen molar-refractivity contribution in [2.75, 3.05) is 38.0 Å². The van der Waals surface area contributed by atoms with Gasteiger partial charge in [-0.05, 0) is 136 Å². The van der Waals surface area contributed by atoms with Crippen LogP contribution in [0, 0.1) is 0 Å². The lowest BCUT2D eigenvalue weighted by Crippen LogP contribution is -2.18. The highest BCUT2D eigenvalue weighted by atomic mass is 32.1. The maximum atomic E-state index is 13.6. The van der Waals surface area contributed by atoms with Crippen LogP contribution in [-0.2, 0) is 14.3 Å². The van der Waals surface area contributed by atoms with E-state index in [1.807, 2.05) is 29.3 Å². The van der Waals surface area contributed by atoms with Gasteiger partial charge in [-0.3, -0.25) is 0 Å². The zero-order chi connectivity index (χ0) is 46.8. The molecule has 0 saturated heterocycles. The van der Waals surface area contributed by atoms with Crippen molar-refractivity contribution in [3.8, 4) is 23.0 Å². The minimum absolute atomic E-state index is 0.222. The molecule has 1 aromatic heterocycles. The van der Waals surface area contributed by atoms with Crippen LogP contribution in [0.1, 0.15) is 110 Å². The van der Waals surface area contributed by atoms with Crippen LogP contribution >= 0.6 is 11.3 Å². The van der Waals surface area contributed by atoms with E-state index in [4.69, 9.17) is 38.5 Å². The molecule has 0 aliphatic carbocycles. The fraction of sp³-hybridized carbons (Fsp3) is 0.365. The molecule has 350 valence electrons. The van der Waals surface area contributed by atoms with Gasteiger partial charge in [-0.25, -0.2) is 24.4 Å². The van der Waals surface area contributed by atoms with E-state index >= 15 is 0 Å². The number of esters is 3. The molecule has 14 heteroatoms. The summed E-state index contributed by atoms with van der Waals surface area (Å²) >= 11 is 1.55. The summed E-state index contributed by atoms with van der Waals surface area (Å²) in [7, 11) is 0. The summed E-state index contributed by atoms with van der Waals surface area (Å²) in [6.07, 6.45) is 14.3. The maximum Gasteiger partial charge on any atom is 0.343 e. The summed E-state index contributed by atoms with van der Waals surface area (Å²) in [6, 6.07) is 26.2. The molecule has 1 N–H and O–H groups in total. The third-order valence-corrected chi connectivity index (χ3v) is 11.2. The first-order chi connectivity index (χ1) is 32.3. The number of hydrogen-bond donors (Lipinski definition) is 1. The molecule has 1 unspecified atom stereocenters. The minimum atomic E-state index is -0.929. The maximum absolute atomic E-state index is 13.6. The molecule has 5 rings (SSSR count). The van der Waals surface area contributed by atoms with E-state index in [0.29, 0.717) is 61.2 Å². The molecule has 0 aliphatic heterocycles. The Kier molecular flexibility index (Phi) is 21.9. The standard InChI is InChI=1S/C52H61N3O10S/c1-4-7-8-15-32-55(52-54-45-20-13-14-21-47(45)66-52)53-38-41-37-44(64-50(58)39-22-26-42(27-23-39)60-33-16-9-11-18-35-62-48(56)5-2)30-31-46(41)65-51(59)40-24-28-43(29-25-40)61-34-17-10-12-19-36-63-49(57)6-3/h5-6,13-14,20-31,37-38,48,56H,2-4,7-12,15-19,32-36H2,1H3/b53-38+. The number of unbranched alkanes of at least 4 members (excludes halogenated alkanes) is 9. The van der Waals surface area contributed by atoms with Gasteiger partial charge in [0.2, 0.25) is 5.13 Å². The number of benzene rings is 4. The Bertz CT molecular complexity index is 2280. The number of thiazole rings is 1.